The van der Waals surface area contributed by atoms with Crippen molar-refractivity contribution in [2.24, 2.45) is 0 Å². The van der Waals surface area contributed by atoms with Gasteiger partial charge in [0.15, 0.2) is 5.78 Å². The largest absolute Gasteiger partial charge is 0.293 e. The molecule has 0 heterocycles. The van der Waals surface area contributed by atoms with Gasteiger partial charge in [-0.3, -0.25) is 4.79 Å². The van der Waals surface area contributed by atoms with E-state index in [1.807, 2.05) is 30.3 Å². The zero-order valence-electron chi connectivity index (χ0n) is 12.5. The molecule has 2 aromatic carbocycles. The Balaban J connectivity index is 1.79. The third kappa shape index (κ3) is 5.92. The summed E-state index contributed by atoms with van der Waals surface area (Å²) in [5.74, 6) is -0.877. The molecule has 0 aromatic heterocycles. The highest BCUT2D eigenvalue weighted by atomic mass is 32.2. The number of benzene rings is 2. The van der Waals surface area contributed by atoms with Crippen molar-refractivity contribution in [2.75, 3.05) is 12.3 Å². The SMILES string of the molecule is O=C(CNS(=O)(=O)CCCc1ccccc1)c1ccc(F)cc1. The lowest BCUT2D eigenvalue weighted by Crippen LogP contribution is -2.31. The summed E-state index contributed by atoms with van der Waals surface area (Å²) in [7, 11) is -3.51. The van der Waals surface area contributed by atoms with Crippen molar-refractivity contribution in [1.29, 1.82) is 0 Å². The average molecular weight is 335 g/mol. The Kier molecular flexibility index (Phi) is 6.01. The van der Waals surface area contributed by atoms with Crippen molar-refractivity contribution in [3.63, 3.8) is 0 Å². The van der Waals surface area contributed by atoms with Crippen molar-refractivity contribution in [3.8, 4) is 0 Å². The first-order valence-corrected chi connectivity index (χ1v) is 8.91. The molecular formula is C17H18FNO3S. The molecule has 0 unspecified atom stereocenters. The summed E-state index contributed by atoms with van der Waals surface area (Å²) in [6, 6.07) is 14.6. The van der Waals surface area contributed by atoms with Crippen LogP contribution in [-0.4, -0.2) is 26.5 Å². The van der Waals surface area contributed by atoms with Gasteiger partial charge in [0, 0.05) is 5.56 Å². The average Bonchev–Trinajstić information content (AvgIpc) is 2.54. The Bertz CT molecular complexity index is 743. The van der Waals surface area contributed by atoms with Gasteiger partial charge in [-0.1, -0.05) is 30.3 Å². The fraction of sp³-hybridized carbons (Fsp3) is 0.235. The second-order valence-electron chi connectivity index (χ2n) is 5.16. The van der Waals surface area contributed by atoms with Crippen LogP contribution in [0.3, 0.4) is 0 Å². The first kappa shape index (κ1) is 17.3. The van der Waals surface area contributed by atoms with Crippen molar-refractivity contribution >= 4 is 15.8 Å². The number of aryl methyl sites for hydroxylation is 1. The normalized spacial score (nSPS) is 11.3. The van der Waals surface area contributed by atoms with E-state index in [0.717, 1.165) is 5.56 Å². The van der Waals surface area contributed by atoms with E-state index in [1.165, 1.54) is 24.3 Å². The topological polar surface area (TPSA) is 63.2 Å². The minimum atomic E-state index is -3.51. The molecule has 0 saturated heterocycles. The minimum absolute atomic E-state index is 0.0431. The lowest BCUT2D eigenvalue weighted by molar-refractivity contribution is 0.0997. The molecule has 0 fully saturated rings. The van der Waals surface area contributed by atoms with Crippen molar-refractivity contribution < 1.29 is 17.6 Å². The molecule has 0 aliphatic rings. The van der Waals surface area contributed by atoms with E-state index in [0.29, 0.717) is 12.8 Å². The number of halogens is 1. The van der Waals surface area contributed by atoms with Gasteiger partial charge < -0.3 is 0 Å². The Morgan fingerprint density at radius 2 is 1.65 bits per heavy atom. The number of sulfonamides is 1. The van der Waals surface area contributed by atoms with Crippen LogP contribution in [0.2, 0.25) is 0 Å². The van der Waals surface area contributed by atoms with Gasteiger partial charge in [-0.25, -0.2) is 17.5 Å². The monoisotopic (exact) mass is 335 g/mol. The predicted octanol–water partition coefficient (Wildman–Crippen LogP) is 2.56. The van der Waals surface area contributed by atoms with Gasteiger partial charge in [0.1, 0.15) is 5.82 Å². The number of hydrogen-bond donors (Lipinski definition) is 1. The Hall–Kier alpha value is -2.05. The summed E-state index contributed by atoms with van der Waals surface area (Å²) in [5, 5.41) is 0. The summed E-state index contributed by atoms with van der Waals surface area (Å²) in [6.45, 7) is -0.320. The van der Waals surface area contributed by atoms with Gasteiger partial charge in [0.25, 0.3) is 0 Å². The quantitative estimate of drug-likeness (QED) is 0.754. The third-order valence-corrected chi connectivity index (χ3v) is 4.75. The molecule has 0 saturated carbocycles. The minimum Gasteiger partial charge on any atom is -0.293 e. The summed E-state index contributed by atoms with van der Waals surface area (Å²) in [4.78, 5) is 11.8. The first-order valence-electron chi connectivity index (χ1n) is 7.26. The zero-order chi connectivity index (χ0) is 16.7. The fourth-order valence-corrected chi connectivity index (χ4v) is 3.12. The molecule has 2 aromatic rings. The van der Waals surface area contributed by atoms with Crippen LogP contribution in [0.1, 0.15) is 22.3 Å². The summed E-state index contributed by atoms with van der Waals surface area (Å²) < 4.78 is 38.8. The molecular weight excluding hydrogens is 317 g/mol. The molecule has 0 bridgehead atoms. The smallest absolute Gasteiger partial charge is 0.212 e. The molecule has 0 spiro atoms. The summed E-state index contributed by atoms with van der Waals surface area (Å²) in [6.07, 6.45) is 1.14. The van der Waals surface area contributed by atoms with Crippen molar-refractivity contribution in [2.45, 2.75) is 12.8 Å². The molecule has 23 heavy (non-hydrogen) atoms. The molecule has 0 radical (unpaired) electrons. The third-order valence-electron chi connectivity index (χ3n) is 3.34. The van der Waals surface area contributed by atoms with E-state index < -0.39 is 21.6 Å². The van der Waals surface area contributed by atoms with Crippen LogP contribution < -0.4 is 4.72 Å². The molecule has 0 atom stereocenters. The highest BCUT2D eigenvalue weighted by Gasteiger charge is 2.13. The number of rotatable bonds is 8. The van der Waals surface area contributed by atoms with Crippen LogP contribution in [-0.2, 0) is 16.4 Å². The van der Waals surface area contributed by atoms with Gasteiger partial charge in [-0.15, -0.1) is 0 Å². The van der Waals surface area contributed by atoms with Crippen LogP contribution in [0.25, 0.3) is 0 Å². The molecule has 0 amide bonds. The molecule has 4 nitrogen and oxygen atoms in total. The van der Waals surface area contributed by atoms with Gasteiger partial charge >= 0.3 is 0 Å². The van der Waals surface area contributed by atoms with E-state index in [4.69, 9.17) is 0 Å². The highest BCUT2D eigenvalue weighted by molar-refractivity contribution is 7.89. The van der Waals surface area contributed by atoms with Gasteiger partial charge in [0.05, 0.1) is 12.3 Å². The number of ketones is 1. The van der Waals surface area contributed by atoms with Gasteiger partial charge in [-0.2, -0.15) is 0 Å². The Labute approximate surface area is 135 Å². The number of carbonyl (C=O) groups is 1. The lowest BCUT2D eigenvalue weighted by Gasteiger charge is -2.06. The van der Waals surface area contributed by atoms with Crippen LogP contribution in [0.5, 0.6) is 0 Å². The number of nitrogens with one attached hydrogen (secondary N) is 1. The molecule has 0 aliphatic heterocycles. The second-order valence-corrected chi connectivity index (χ2v) is 7.09. The number of carbonyl (C=O) groups excluding carboxylic acids is 1. The van der Waals surface area contributed by atoms with E-state index in [1.54, 1.807) is 0 Å². The Morgan fingerprint density at radius 1 is 1.00 bits per heavy atom. The molecule has 0 aliphatic carbocycles. The van der Waals surface area contributed by atoms with Crippen LogP contribution >= 0.6 is 0 Å². The number of Topliss-reactive ketones (excluding diaryl/α,β-unsaturated/α-hetero) is 1. The first-order chi connectivity index (χ1) is 11.0. The zero-order valence-corrected chi connectivity index (χ0v) is 13.4. The lowest BCUT2D eigenvalue weighted by atomic mass is 10.1. The van der Waals surface area contributed by atoms with E-state index in [2.05, 4.69) is 4.72 Å². The van der Waals surface area contributed by atoms with E-state index in [9.17, 15) is 17.6 Å². The summed E-state index contributed by atoms with van der Waals surface area (Å²) in [5.41, 5.74) is 1.35. The highest BCUT2D eigenvalue weighted by Crippen LogP contribution is 2.05. The maximum atomic E-state index is 12.8. The van der Waals surface area contributed by atoms with Crippen molar-refractivity contribution in [3.05, 3.63) is 71.5 Å². The van der Waals surface area contributed by atoms with E-state index in [-0.39, 0.29) is 17.9 Å². The Morgan fingerprint density at radius 3 is 2.30 bits per heavy atom. The van der Waals surface area contributed by atoms with Crippen molar-refractivity contribution in [1.82, 2.24) is 4.72 Å². The van der Waals surface area contributed by atoms with Crippen LogP contribution in [0.15, 0.2) is 54.6 Å². The van der Waals surface area contributed by atoms with E-state index >= 15 is 0 Å². The summed E-state index contributed by atoms with van der Waals surface area (Å²) >= 11 is 0. The molecule has 1 N–H and O–H groups in total. The molecule has 122 valence electrons. The maximum Gasteiger partial charge on any atom is 0.212 e. The van der Waals surface area contributed by atoms with Crippen LogP contribution in [0.4, 0.5) is 4.39 Å². The fourth-order valence-electron chi connectivity index (χ4n) is 2.10. The van der Waals surface area contributed by atoms with Crippen LogP contribution in [0, 0.1) is 5.82 Å². The molecule has 6 heteroatoms. The molecule has 2 rings (SSSR count). The van der Waals surface area contributed by atoms with Gasteiger partial charge in [-0.05, 0) is 42.7 Å². The number of hydrogen-bond acceptors (Lipinski definition) is 3. The van der Waals surface area contributed by atoms with Gasteiger partial charge in [0.2, 0.25) is 10.0 Å². The predicted molar refractivity (Wildman–Crippen MR) is 87.3 cm³/mol. The second kappa shape index (κ2) is 7.99. The standard InChI is InChI=1S/C17H18FNO3S/c18-16-10-8-15(9-11-16)17(20)13-19-23(21,22)12-4-7-14-5-2-1-3-6-14/h1-3,5-6,8-11,19H,4,7,12-13H2. The maximum absolute atomic E-state index is 12.8.